The Balaban J connectivity index is 2.34. The van der Waals surface area contributed by atoms with E-state index in [1.807, 2.05) is 0 Å². The molecular weight excluding hydrogens is 323 g/mol. The standard InChI is InChI=1S/C17H16F3NO3/c1-16(15(23)24-2,12-6-4-3-5-7-12)13-8-10-21(11-9-13)14(22)17(18,19)20/h3-11,13H,1-2H3. The highest BCUT2D eigenvalue weighted by Crippen LogP contribution is 2.37. The molecule has 2 rings (SSSR count). The molecule has 7 heteroatoms. The van der Waals surface area contributed by atoms with E-state index in [9.17, 15) is 22.8 Å². The smallest absolute Gasteiger partial charge is 0.468 e. The Morgan fingerprint density at radius 2 is 1.62 bits per heavy atom. The molecule has 1 heterocycles. The van der Waals surface area contributed by atoms with E-state index >= 15 is 0 Å². The van der Waals surface area contributed by atoms with Crippen molar-refractivity contribution in [3.05, 3.63) is 60.4 Å². The average molecular weight is 339 g/mol. The third kappa shape index (κ3) is 3.20. The van der Waals surface area contributed by atoms with Crippen LogP contribution >= 0.6 is 0 Å². The van der Waals surface area contributed by atoms with Crippen molar-refractivity contribution in [2.24, 2.45) is 5.92 Å². The molecule has 0 saturated carbocycles. The number of nitrogens with zero attached hydrogens (tertiary/aromatic N) is 1. The van der Waals surface area contributed by atoms with Gasteiger partial charge in [-0.3, -0.25) is 14.5 Å². The maximum atomic E-state index is 12.5. The van der Waals surface area contributed by atoms with Gasteiger partial charge in [-0.1, -0.05) is 42.5 Å². The number of benzene rings is 1. The van der Waals surface area contributed by atoms with Crippen LogP contribution in [0.5, 0.6) is 0 Å². The van der Waals surface area contributed by atoms with Crippen molar-refractivity contribution in [2.75, 3.05) is 7.11 Å². The quantitative estimate of drug-likeness (QED) is 0.795. The van der Waals surface area contributed by atoms with Crippen LogP contribution in [0.15, 0.2) is 54.9 Å². The Labute approximate surface area is 137 Å². The second kappa shape index (κ2) is 6.51. The van der Waals surface area contributed by atoms with Gasteiger partial charge in [-0.05, 0) is 12.5 Å². The molecule has 0 saturated heterocycles. The number of hydrogen-bond donors (Lipinski definition) is 0. The van der Waals surface area contributed by atoms with Crippen molar-refractivity contribution in [3.8, 4) is 0 Å². The number of carbonyl (C=O) groups is 2. The first kappa shape index (κ1) is 17.8. The van der Waals surface area contributed by atoms with E-state index in [2.05, 4.69) is 0 Å². The maximum Gasteiger partial charge on any atom is 0.472 e. The molecule has 0 bridgehead atoms. The Morgan fingerprint density at radius 1 is 1.08 bits per heavy atom. The lowest BCUT2D eigenvalue weighted by Crippen LogP contribution is -2.42. The molecule has 0 spiro atoms. The summed E-state index contributed by atoms with van der Waals surface area (Å²) in [7, 11) is 1.25. The van der Waals surface area contributed by atoms with E-state index in [0.29, 0.717) is 10.5 Å². The summed E-state index contributed by atoms with van der Waals surface area (Å²) in [5.74, 6) is -3.08. The molecule has 1 aromatic rings. The summed E-state index contributed by atoms with van der Waals surface area (Å²) in [6.45, 7) is 1.65. The van der Waals surface area contributed by atoms with Crippen LogP contribution in [-0.2, 0) is 19.7 Å². The van der Waals surface area contributed by atoms with Crippen molar-refractivity contribution in [1.29, 1.82) is 0 Å². The topological polar surface area (TPSA) is 46.6 Å². The summed E-state index contributed by atoms with van der Waals surface area (Å²) in [5.41, 5.74) is -0.470. The third-order valence-electron chi connectivity index (χ3n) is 4.03. The molecule has 0 fully saturated rings. The molecule has 1 aromatic carbocycles. The van der Waals surface area contributed by atoms with Crippen LogP contribution in [0.1, 0.15) is 12.5 Å². The lowest BCUT2D eigenvalue weighted by Gasteiger charge is -2.34. The van der Waals surface area contributed by atoms with E-state index in [0.717, 1.165) is 12.4 Å². The van der Waals surface area contributed by atoms with E-state index in [1.165, 1.54) is 19.3 Å². The molecule has 4 nitrogen and oxygen atoms in total. The highest BCUT2D eigenvalue weighted by molar-refractivity contribution is 5.85. The zero-order valence-electron chi connectivity index (χ0n) is 13.1. The predicted molar refractivity (Wildman–Crippen MR) is 80.5 cm³/mol. The largest absolute Gasteiger partial charge is 0.472 e. The Morgan fingerprint density at radius 3 is 2.08 bits per heavy atom. The van der Waals surface area contributed by atoms with Gasteiger partial charge in [-0.25, -0.2) is 0 Å². The van der Waals surface area contributed by atoms with Gasteiger partial charge in [0.05, 0.1) is 12.5 Å². The minimum Gasteiger partial charge on any atom is -0.468 e. The molecule has 0 aromatic heterocycles. The number of hydrogen-bond acceptors (Lipinski definition) is 3. The van der Waals surface area contributed by atoms with Crippen LogP contribution in [0.25, 0.3) is 0 Å². The van der Waals surface area contributed by atoms with Crippen molar-refractivity contribution in [3.63, 3.8) is 0 Å². The molecule has 1 amide bonds. The fourth-order valence-corrected chi connectivity index (χ4v) is 2.59. The fraction of sp³-hybridized carbons (Fsp3) is 0.294. The van der Waals surface area contributed by atoms with E-state index in [4.69, 9.17) is 4.74 Å². The van der Waals surface area contributed by atoms with E-state index < -0.39 is 29.4 Å². The van der Waals surface area contributed by atoms with E-state index in [1.54, 1.807) is 37.3 Å². The molecule has 0 N–H and O–H groups in total. The Bertz CT molecular complexity index is 668. The van der Waals surface area contributed by atoms with Gasteiger partial charge in [0.15, 0.2) is 0 Å². The number of allylic oxidation sites excluding steroid dienone is 2. The molecule has 1 atom stereocenters. The minimum absolute atomic E-state index is 0.444. The monoisotopic (exact) mass is 339 g/mol. The Kier molecular flexibility index (Phi) is 4.82. The van der Waals surface area contributed by atoms with Gasteiger partial charge in [0.25, 0.3) is 0 Å². The summed E-state index contributed by atoms with van der Waals surface area (Å²) < 4.78 is 42.3. The number of rotatable bonds is 3. The molecule has 1 unspecified atom stereocenters. The number of methoxy groups -OCH3 is 1. The molecular formula is C17H16F3NO3. The number of esters is 1. The van der Waals surface area contributed by atoms with Crippen LogP contribution in [-0.4, -0.2) is 30.1 Å². The fourth-order valence-electron chi connectivity index (χ4n) is 2.59. The molecule has 1 aliphatic rings. The highest BCUT2D eigenvalue weighted by atomic mass is 19.4. The zero-order chi connectivity index (χ0) is 18.0. The molecule has 1 aliphatic heterocycles. The van der Waals surface area contributed by atoms with Gasteiger partial charge in [0.2, 0.25) is 0 Å². The van der Waals surface area contributed by atoms with Crippen LogP contribution in [0.4, 0.5) is 13.2 Å². The molecule has 128 valence electrons. The van der Waals surface area contributed by atoms with Crippen molar-refractivity contribution >= 4 is 11.9 Å². The second-order valence-corrected chi connectivity index (χ2v) is 5.48. The predicted octanol–water partition coefficient (Wildman–Crippen LogP) is 3.17. The van der Waals surface area contributed by atoms with Gasteiger partial charge in [0, 0.05) is 18.3 Å². The molecule has 0 aliphatic carbocycles. The third-order valence-corrected chi connectivity index (χ3v) is 4.03. The number of carbonyl (C=O) groups excluding carboxylic acids is 2. The van der Waals surface area contributed by atoms with Gasteiger partial charge < -0.3 is 4.74 Å². The minimum atomic E-state index is -4.97. The SMILES string of the molecule is COC(=O)C(C)(c1ccccc1)C1C=CN(C(=O)C(F)(F)F)C=C1. The zero-order valence-corrected chi connectivity index (χ0v) is 13.1. The lowest BCUT2D eigenvalue weighted by molar-refractivity contribution is -0.180. The molecule has 0 radical (unpaired) electrons. The summed E-state index contributed by atoms with van der Waals surface area (Å²) in [6, 6.07) is 8.79. The Hall–Kier alpha value is -2.57. The summed E-state index contributed by atoms with van der Waals surface area (Å²) >= 11 is 0. The van der Waals surface area contributed by atoms with Crippen molar-refractivity contribution in [1.82, 2.24) is 4.90 Å². The maximum absolute atomic E-state index is 12.5. The summed E-state index contributed by atoms with van der Waals surface area (Å²) in [5, 5.41) is 0. The highest BCUT2D eigenvalue weighted by Gasteiger charge is 2.45. The second-order valence-electron chi connectivity index (χ2n) is 5.48. The van der Waals surface area contributed by atoms with Crippen molar-refractivity contribution in [2.45, 2.75) is 18.5 Å². The first-order chi connectivity index (χ1) is 11.2. The number of alkyl halides is 3. The van der Waals surface area contributed by atoms with Crippen LogP contribution in [0, 0.1) is 5.92 Å². The lowest BCUT2D eigenvalue weighted by atomic mass is 9.71. The normalized spacial score (nSPS) is 17.5. The molecule has 24 heavy (non-hydrogen) atoms. The van der Waals surface area contributed by atoms with Gasteiger partial charge in [0.1, 0.15) is 0 Å². The first-order valence-electron chi connectivity index (χ1n) is 7.11. The van der Waals surface area contributed by atoms with Crippen LogP contribution in [0.3, 0.4) is 0 Å². The summed E-state index contributed by atoms with van der Waals surface area (Å²) in [4.78, 5) is 24.0. The average Bonchev–Trinajstić information content (AvgIpc) is 2.59. The van der Waals surface area contributed by atoms with Crippen LogP contribution < -0.4 is 0 Å². The van der Waals surface area contributed by atoms with E-state index in [-0.39, 0.29) is 0 Å². The van der Waals surface area contributed by atoms with Gasteiger partial charge in [-0.2, -0.15) is 13.2 Å². The van der Waals surface area contributed by atoms with Gasteiger partial charge >= 0.3 is 18.1 Å². The van der Waals surface area contributed by atoms with Crippen molar-refractivity contribution < 1.29 is 27.5 Å². The number of ether oxygens (including phenoxy) is 1. The number of halogens is 3. The first-order valence-corrected chi connectivity index (χ1v) is 7.11. The van der Waals surface area contributed by atoms with Crippen LogP contribution in [0.2, 0.25) is 0 Å². The van der Waals surface area contributed by atoms with Gasteiger partial charge in [-0.15, -0.1) is 0 Å². The number of amides is 1. The summed E-state index contributed by atoms with van der Waals surface area (Å²) in [6.07, 6.45) is -0.164.